The highest BCUT2D eigenvalue weighted by molar-refractivity contribution is 6.29. The van der Waals surface area contributed by atoms with Gasteiger partial charge >= 0.3 is 0 Å². The molecule has 1 aromatic heterocycles. The lowest BCUT2D eigenvalue weighted by Crippen LogP contribution is -2.36. The van der Waals surface area contributed by atoms with Gasteiger partial charge in [-0.05, 0) is 31.4 Å². The van der Waals surface area contributed by atoms with Crippen LogP contribution < -0.4 is 0 Å². The van der Waals surface area contributed by atoms with Crippen LogP contribution in [0.15, 0.2) is 18.2 Å². The largest absolute Gasteiger partial charge is 0.337 e. The van der Waals surface area contributed by atoms with E-state index in [4.69, 9.17) is 11.6 Å². The van der Waals surface area contributed by atoms with Gasteiger partial charge in [0.2, 0.25) is 0 Å². The number of carbonyl (C=O) groups is 1. The fourth-order valence-electron chi connectivity index (χ4n) is 1.64. The van der Waals surface area contributed by atoms with E-state index >= 15 is 0 Å². The Bertz CT molecular complexity index is 361. The Hall–Kier alpha value is -1.09. The zero-order chi connectivity index (χ0) is 10.7. The van der Waals surface area contributed by atoms with Crippen molar-refractivity contribution in [2.45, 2.75) is 12.8 Å². The lowest BCUT2D eigenvalue weighted by atomic mass is 10.1. The van der Waals surface area contributed by atoms with Gasteiger partial charge in [0.05, 0.1) is 0 Å². The Kier molecular flexibility index (Phi) is 3.21. The fourth-order valence-corrected chi connectivity index (χ4v) is 1.81. The number of amides is 1. The number of carbonyl (C=O) groups excluding carboxylic acids is 1. The lowest BCUT2D eigenvalue weighted by molar-refractivity contribution is 0.0736. The minimum Gasteiger partial charge on any atom is -0.337 e. The van der Waals surface area contributed by atoms with Crippen LogP contribution in [0.25, 0.3) is 0 Å². The molecule has 0 N–H and O–H groups in total. The van der Waals surface area contributed by atoms with Crippen molar-refractivity contribution in [3.8, 4) is 0 Å². The van der Waals surface area contributed by atoms with E-state index in [-0.39, 0.29) is 5.91 Å². The summed E-state index contributed by atoms with van der Waals surface area (Å²) < 4.78 is 0. The smallest absolute Gasteiger partial charge is 0.272 e. The van der Waals surface area contributed by atoms with Crippen molar-refractivity contribution in [1.29, 1.82) is 0 Å². The third-order valence-electron chi connectivity index (χ3n) is 2.43. The molecule has 2 heterocycles. The van der Waals surface area contributed by atoms with Gasteiger partial charge in [0.25, 0.3) is 5.91 Å². The molecule has 0 aliphatic carbocycles. The number of hydrogen-bond donors (Lipinski definition) is 0. The summed E-state index contributed by atoms with van der Waals surface area (Å²) >= 11 is 5.74. The van der Waals surface area contributed by atoms with Crippen LogP contribution in [0, 0.1) is 6.42 Å². The maximum absolute atomic E-state index is 11.9. The van der Waals surface area contributed by atoms with Crippen molar-refractivity contribution >= 4 is 17.5 Å². The first-order valence-electron chi connectivity index (χ1n) is 5.01. The molecule has 0 bridgehead atoms. The monoisotopic (exact) mass is 223 g/mol. The third kappa shape index (κ3) is 2.48. The molecule has 0 unspecified atom stereocenters. The van der Waals surface area contributed by atoms with Crippen LogP contribution >= 0.6 is 11.6 Å². The number of pyridine rings is 1. The molecule has 1 amide bonds. The Balaban J connectivity index is 2.12. The number of halogens is 1. The molecule has 1 fully saturated rings. The van der Waals surface area contributed by atoms with Crippen molar-refractivity contribution < 1.29 is 4.79 Å². The van der Waals surface area contributed by atoms with Gasteiger partial charge in [-0.3, -0.25) is 4.79 Å². The second-order valence-electron chi connectivity index (χ2n) is 3.50. The zero-order valence-electron chi connectivity index (χ0n) is 8.32. The Labute approximate surface area is 94.1 Å². The summed E-state index contributed by atoms with van der Waals surface area (Å²) in [6, 6.07) is 5.12. The summed E-state index contributed by atoms with van der Waals surface area (Å²) in [6.45, 7) is 1.57. The molecule has 3 nitrogen and oxygen atoms in total. The van der Waals surface area contributed by atoms with Gasteiger partial charge in [-0.25, -0.2) is 4.98 Å². The van der Waals surface area contributed by atoms with Gasteiger partial charge in [0.1, 0.15) is 10.8 Å². The van der Waals surface area contributed by atoms with Gasteiger partial charge in [-0.15, -0.1) is 0 Å². The molecule has 1 aliphatic rings. The van der Waals surface area contributed by atoms with Crippen LogP contribution in [0.1, 0.15) is 23.3 Å². The SMILES string of the molecule is O=C(c1cccc(Cl)n1)N1CC[CH]CC1. The molecule has 79 valence electrons. The highest BCUT2D eigenvalue weighted by atomic mass is 35.5. The highest BCUT2D eigenvalue weighted by Crippen LogP contribution is 2.12. The number of hydrogen-bond acceptors (Lipinski definition) is 2. The van der Waals surface area contributed by atoms with Gasteiger partial charge in [0.15, 0.2) is 0 Å². The van der Waals surface area contributed by atoms with Crippen molar-refractivity contribution in [3.63, 3.8) is 0 Å². The Morgan fingerprint density at radius 2 is 2.07 bits per heavy atom. The quantitative estimate of drug-likeness (QED) is 0.684. The van der Waals surface area contributed by atoms with E-state index in [0.717, 1.165) is 25.9 Å². The average Bonchev–Trinajstić information content (AvgIpc) is 2.29. The lowest BCUT2D eigenvalue weighted by Gasteiger charge is -2.26. The van der Waals surface area contributed by atoms with Crippen molar-refractivity contribution in [2.75, 3.05) is 13.1 Å². The normalized spacial score (nSPS) is 16.5. The molecule has 1 radical (unpaired) electrons. The van der Waals surface area contributed by atoms with E-state index in [1.165, 1.54) is 0 Å². The van der Waals surface area contributed by atoms with E-state index in [0.29, 0.717) is 10.8 Å². The zero-order valence-corrected chi connectivity index (χ0v) is 9.07. The summed E-state index contributed by atoms with van der Waals surface area (Å²) in [6.07, 6.45) is 4.13. The van der Waals surface area contributed by atoms with Gasteiger partial charge in [-0.2, -0.15) is 0 Å². The van der Waals surface area contributed by atoms with Crippen LogP contribution in [-0.4, -0.2) is 28.9 Å². The van der Waals surface area contributed by atoms with Crippen LogP contribution in [-0.2, 0) is 0 Å². The van der Waals surface area contributed by atoms with E-state index in [9.17, 15) is 4.79 Å². The Morgan fingerprint density at radius 1 is 1.33 bits per heavy atom. The molecule has 4 heteroatoms. The molecule has 1 aromatic rings. The molecular weight excluding hydrogens is 212 g/mol. The highest BCUT2D eigenvalue weighted by Gasteiger charge is 2.19. The number of nitrogens with zero attached hydrogens (tertiary/aromatic N) is 2. The molecule has 1 saturated heterocycles. The predicted octanol–water partition coefficient (Wildman–Crippen LogP) is 2.18. The van der Waals surface area contributed by atoms with Crippen molar-refractivity contribution in [2.24, 2.45) is 0 Å². The second kappa shape index (κ2) is 4.62. The number of aromatic nitrogens is 1. The van der Waals surface area contributed by atoms with E-state index in [1.54, 1.807) is 18.2 Å². The molecule has 0 atom stereocenters. The second-order valence-corrected chi connectivity index (χ2v) is 3.89. The van der Waals surface area contributed by atoms with E-state index < -0.39 is 0 Å². The molecule has 2 rings (SSSR count). The summed E-state index contributed by atoms with van der Waals surface area (Å²) in [5.41, 5.74) is 0.435. The van der Waals surface area contributed by atoms with Gasteiger partial charge in [0, 0.05) is 13.1 Å². The molecule has 0 saturated carbocycles. The molecule has 15 heavy (non-hydrogen) atoms. The van der Waals surface area contributed by atoms with Crippen molar-refractivity contribution in [1.82, 2.24) is 9.88 Å². The van der Waals surface area contributed by atoms with E-state index in [1.807, 2.05) is 4.90 Å². The minimum absolute atomic E-state index is 0.0226. The summed E-state index contributed by atoms with van der Waals surface area (Å²) in [5.74, 6) is -0.0226. The summed E-state index contributed by atoms with van der Waals surface area (Å²) in [7, 11) is 0. The van der Waals surface area contributed by atoms with Crippen LogP contribution in [0.5, 0.6) is 0 Å². The maximum atomic E-state index is 11.9. The maximum Gasteiger partial charge on any atom is 0.272 e. The molecule has 0 aromatic carbocycles. The fraction of sp³-hybridized carbons (Fsp3) is 0.364. The third-order valence-corrected chi connectivity index (χ3v) is 2.64. The van der Waals surface area contributed by atoms with Crippen LogP contribution in [0.2, 0.25) is 5.15 Å². The van der Waals surface area contributed by atoms with Gasteiger partial charge in [-0.1, -0.05) is 17.7 Å². The van der Waals surface area contributed by atoms with Crippen LogP contribution in [0.3, 0.4) is 0 Å². The molecular formula is C11H12ClN2O. The number of rotatable bonds is 1. The van der Waals surface area contributed by atoms with Crippen LogP contribution in [0.4, 0.5) is 0 Å². The summed E-state index contributed by atoms with van der Waals surface area (Å²) in [5, 5.41) is 0.365. The average molecular weight is 224 g/mol. The van der Waals surface area contributed by atoms with Crippen molar-refractivity contribution in [3.05, 3.63) is 35.5 Å². The van der Waals surface area contributed by atoms with Gasteiger partial charge < -0.3 is 4.90 Å². The minimum atomic E-state index is -0.0226. The standard InChI is InChI=1S/C11H12ClN2O/c12-10-6-4-5-9(13-10)11(15)14-7-2-1-3-8-14/h1,4-6H,2-3,7-8H2. The number of piperidine rings is 1. The first-order valence-corrected chi connectivity index (χ1v) is 5.38. The number of likely N-dealkylation sites (tertiary alicyclic amines) is 1. The Morgan fingerprint density at radius 3 is 2.73 bits per heavy atom. The topological polar surface area (TPSA) is 33.2 Å². The predicted molar refractivity (Wildman–Crippen MR) is 58.7 cm³/mol. The first-order chi connectivity index (χ1) is 7.27. The first kappa shape index (κ1) is 10.4. The molecule has 0 spiro atoms. The molecule has 1 aliphatic heterocycles. The summed E-state index contributed by atoms with van der Waals surface area (Å²) in [4.78, 5) is 17.8. The van der Waals surface area contributed by atoms with E-state index in [2.05, 4.69) is 11.4 Å².